The van der Waals surface area contributed by atoms with Gasteiger partial charge in [-0.3, -0.25) is 0 Å². The van der Waals surface area contributed by atoms with Gasteiger partial charge in [0.2, 0.25) is 5.89 Å². The SMILES string of the molecule is CCc1nnc(COc2cccc(CNC)c2)o1. The van der Waals surface area contributed by atoms with Gasteiger partial charge in [-0.05, 0) is 24.7 Å². The molecule has 0 aliphatic rings. The van der Waals surface area contributed by atoms with E-state index in [0.29, 0.717) is 18.4 Å². The molecule has 0 atom stereocenters. The second-order valence-electron chi connectivity index (χ2n) is 3.91. The summed E-state index contributed by atoms with van der Waals surface area (Å²) in [7, 11) is 1.91. The van der Waals surface area contributed by atoms with Crippen LogP contribution in [0, 0.1) is 0 Å². The molecule has 0 unspecified atom stereocenters. The Bertz CT molecular complexity index is 496. The zero-order valence-electron chi connectivity index (χ0n) is 10.6. The summed E-state index contributed by atoms with van der Waals surface area (Å²) in [5.74, 6) is 1.95. The maximum atomic E-state index is 5.61. The summed E-state index contributed by atoms with van der Waals surface area (Å²) in [4.78, 5) is 0. The van der Waals surface area contributed by atoms with E-state index >= 15 is 0 Å². The maximum Gasteiger partial charge on any atom is 0.253 e. The minimum Gasteiger partial charge on any atom is -0.484 e. The van der Waals surface area contributed by atoms with Crippen molar-refractivity contribution in [2.24, 2.45) is 0 Å². The molecule has 0 bridgehead atoms. The fourth-order valence-corrected chi connectivity index (χ4v) is 1.58. The first-order chi connectivity index (χ1) is 8.81. The Balaban J connectivity index is 1.94. The topological polar surface area (TPSA) is 60.2 Å². The van der Waals surface area contributed by atoms with Crippen LogP contribution < -0.4 is 10.1 Å². The number of rotatable bonds is 6. The number of aromatic nitrogens is 2. The molecule has 0 fully saturated rings. The van der Waals surface area contributed by atoms with Crippen LogP contribution in [0.25, 0.3) is 0 Å². The average Bonchev–Trinajstić information content (AvgIpc) is 2.85. The molecule has 2 aromatic rings. The van der Waals surface area contributed by atoms with Gasteiger partial charge in [-0.15, -0.1) is 10.2 Å². The lowest BCUT2D eigenvalue weighted by atomic mass is 10.2. The van der Waals surface area contributed by atoms with Gasteiger partial charge in [-0.1, -0.05) is 19.1 Å². The second kappa shape index (κ2) is 6.16. The second-order valence-corrected chi connectivity index (χ2v) is 3.91. The molecular weight excluding hydrogens is 230 g/mol. The summed E-state index contributed by atoms with van der Waals surface area (Å²) in [6.07, 6.45) is 0.741. The summed E-state index contributed by atoms with van der Waals surface area (Å²) in [6, 6.07) is 7.92. The molecule has 0 amide bonds. The Kier molecular flexibility index (Phi) is 4.30. The van der Waals surface area contributed by atoms with Gasteiger partial charge in [0.15, 0.2) is 6.61 Å². The van der Waals surface area contributed by atoms with Crippen molar-refractivity contribution in [1.29, 1.82) is 0 Å². The third-order valence-corrected chi connectivity index (χ3v) is 2.45. The van der Waals surface area contributed by atoms with Crippen molar-refractivity contribution in [2.75, 3.05) is 7.05 Å². The van der Waals surface area contributed by atoms with Crippen LogP contribution in [0.1, 0.15) is 24.3 Å². The van der Waals surface area contributed by atoms with Gasteiger partial charge >= 0.3 is 0 Å². The third-order valence-electron chi connectivity index (χ3n) is 2.45. The largest absolute Gasteiger partial charge is 0.484 e. The maximum absolute atomic E-state index is 5.61. The highest BCUT2D eigenvalue weighted by molar-refractivity contribution is 5.28. The highest BCUT2D eigenvalue weighted by atomic mass is 16.5. The van der Waals surface area contributed by atoms with Crippen molar-refractivity contribution in [1.82, 2.24) is 15.5 Å². The minimum absolute atomic E-state index is 0.302. The molecule has 1 heterocycles. The van der Waals surface area contributed by atoms with Crippen molar-refractivity contribution in [3.05, 3.63) is 41.6 Å². The number of aryl methyl sites for hydroxylation is 1. The van der Waals surface area contributed by atoms with Gasteiger partial charge in [0.1, 0.15) is 5.75 Å². The molecule has 0 saturated carbocycles. The first-order valence-corrected chi connectivity index (χ1v) is 5.99. The van der Waals surface area contributed by atoms with Crippen LogP contribution in [-0.4, -0.2) is 17.2 Å². The Hall–Kier alpha value is -1.88. The number of nitrogens with zero attached hydrogens (tertiary/aromatic N) is 2. The van der Waals surface area contributed by atoms with Gasteiger partial charge in [-0.25, -0.2) is 0 Å². The van der Waals surface area contributed by atoms with Gasteiger partial charge in [0.05, 0.1) is 0 Å². The average molecular weight is 247 g/mol. The van der Waals surface area contributed by atoms with Gasteiger partial charge in [0, 0.05) is 13.0 Å². The predicted molar refractivity (Wildman–Crippen MR) is 67.2 cm³/mol. The number of benzene rings is 1. The molecular formula is C13H17N3O2. The van der Waals surface area contributed by atoms with Crippen LogP contribution in [-0.2, 0) is 19.6 Å². The lowest BCUT2D eigenvalue weighted by molar-refractivity contribution is 0.259. The van der Waals surface area contributed by atoms with E-state index < -0.39 is 0 Å². The Labute approximate surface area is 106 Å². The molecule has 0 aliphatic heterocycles. The van der Waals surface area contributed by atoms with Gasteiger partial charge < -0.3 is 14.5 Å². The monoisotopic (exact) mass is 247 g/mol. The fourth-order valence-electron chi connectivity index (χ4n) is 1.58. The summed E-state index contributed by atoms with van der Waals surface area (Å²) in [5.41, 5.74) is 1.18. The van der Waals surface area contributed by atoms with E-state index in [0.717, 1.165) is 18.7 Å². The van der Waals surface area contributed by atoms with Crippen molar-refractivity contribution in [3.63, 3.8) is 0 Å². The minimum atomic E-state index is 0.302. The zero-order chi connectivity index (χ0) is 12.8. The standard InChI is InChI=1S/C13H17N3O2/c1-3-12-15-16-13(18-12)9-17-11-6-4-5-10(7-11)8-14-2/h4-7,14H,3,8-9H2,1-2H3. The first kappa shape index (κ1) is 12.6. The quantitative estimate of drug-likeness (QED) is 0.845. The molecule has 18 heavy (non-hydrogen) atoms. The molecule has 1 aromatic carbocycles. The van der Waals surface area contributed by atoms with Crippen molar-refractivity contribution in [2.45, 2.75) is 26.5 Å². The number of nitrogens with one attached hydrogen (secondary N) is 1. The van der Waals surface area contributed by atoms with Gasteiger partial charge in [-0.2, -0.15) is 0 Å². The normalized spacial score (nSPS) is 10.6. The van der Waals surface area contributed by atoms with Crippen LogP contribution in [0.4, 0.5) is 0 Å². The third kappa shape index (κ3) is 3.30. The van der Waals surface area contributed by atoms with Crippen LogP contribution in [0.3, 0.4) is 0 Å². The van der Waals surface area contributed by atoms with Crippen molar-refractivity contribution < 1.29 is 9.15 Å². The van der Waals surface area contributed by atoms with Crippen LogP contribution >= 0.6 is 0 Å². The summed E-state index contributed by atoms with van der Waals surface area (Å²) in [6.45, 7) is 3.09. The zero-order valence-corrected chi connectivity index (χ0v) is 10.6. The highest BCUT2D eigenvalue weighted by Crippen LogP contribution is 2.14. The van der Waals surface area contributed by atoms with E-state index in [1.54, 1.807) is 0 Å². The van der Waals surface area contributed by atoms with E-state index in [4.69, 9.17) is 9.15 Å². The number of ether oxygens (including phenoxy) is 1. The lowest BCUT2D eigenvalue weighted by Gasteiger charge is -2.05. The van der Waals surface area contributed by atoms with Crippen molar-refractivity contribution in [3.8, 4) is 5.75 Å². The predicted octanol–water partition coefficient (Wildman–Crippen LogP) is 1.93. The summed E-state index contributed by atoms with van der Waals surface area (Å²) >= 11 is 0. The number of hydrogen-bond donors (Lipinski definition) is 1. The Morgan fingerprint density at radius 1 is 1.28 bits per heavy atom. The molecule has 1 aromatic heterocycles. The fraction of sp³-hybridized carbons (Fsp3) is 0.385. The van der Waals surface area contributed by atoms with Crippen LogP contribution in [0.5, 0.6) is 5.75 Å². The van der Waals surface area contributed by atoms with E-state index in [-0.39, 0.29) is 0 Å². The smallest absolute Gasteiger partial charge is 0.253 e. The summed E-state index contributed by atoms with van der Waals surface area (Å²) in [5, 5.41) is 10.9. The van der Waals surface area contributed by atoms with Crippen LogP contribution in [0.15, 0.2) is 28.7 Å². The van der Waals surface area contributed by atoms with E-state index in [1.165, 1.54) is 5.56 Å². The molecule has 0 radical (unpaired) electrons. The molecule has 0 saturated heterocycles. The lowest BCUT2D eigenvalue weighted by Crippen LogP contribution is -2.05. The summed E-state index contributed by atoms with van der Waals surface area (Å²) < 4.78 is 11.0. The van der Waals surface area contributed by atoms with E-state index in [9.17, 15) is 0 Å². The van der Waals surface area contributed by atoms with Crippen LogP contribution in [0.2, 0.25) is 0 Å². The number of hydrogen-bond acceptors (Lipinski definition) is 5. The van der Waals surface area contributed by atoms with E-state index in [1.807, 2.05) is 38.2 Å². The first-order valence-electron chi connectivity index (χ1n) is 5.99. The molecule has 5 nitrogen and oxygen atoms in total. The molecule has 2 rings (SSSR count). The highest BCUT2D eigenvalue weighted by Gasteiger charge is 2.05. The Morgan fingerprint density at radius 3 is 2.83 bits per heavy atom. The van der Waals surface area contributed by atoms with Gasteiger partial charge in [0.25, 0.3) is 5.89 Å². The molecule has 5 heteroatoms. The van der Waals surface area contributed by atoms with E-state index in [2.05, 4.69) is 15.5 Å². The Morgan fingerprint density at radius 2 is 2.11 bits per heavy atom. The van der Waals surface area contributed by atoms with Crippen molar-refractivity contribution >= 4 is 0 Å². The molecule has 1 N–H and O–H groups in total. The molecule has 96 valence electrons. The molecule has 0 aliphatic carbocycles. The molecule has 0 spiro atoms.